The Labute approximate surface area is 149 Å². The highest BCUT2D eigenvalue weighted by atomic mass is 32.1. The third-order valence-corrected chi connectivity index (χ3v) is 3.06. The maximum absolute atomic E-state index is 12.5. The minimum atomic E-state index is -2.57. The summed E-state index contributed by atoms with van der Waals surface area (Å²) in [6, 6.07) is 6.03. The van der Waals surface area contributed by atoms with E-state index in [2.05, 4.69) is 20.3 Å². The van der Waals surface area contributed by atoms with Crippen molar-refractivity contribution >= 4 is 29.0 Å². The molecule has 0 atom stereocenters. The number of thiocarbonyl (C=S) groups is 1. The summed E-state index contributed by atoms with van der Waals surface area (Å²) in [5.74, 6) is 1.02. The van der Waals surface area contributed by atoms with Crippen LogP contribution in [0.2, 0.25) is 0 Å². The number of nitrogens with two attached hydrogens (primary N) is 1. The predicted molar refractivity (Wildman–Crippen MR) is 96.1 cm³/mol. The number of rotatable bonds is 5. The Morgan fingerprint density at radius 3 is 2.48 bits per heavy atom. The number of aromatic nitrogens is 2. The van der Waals surface area contributed by atoms with E-state index >= 15 is 0 Å². The van der Waals surface area contributed by atoms with Crippen molar-refractivity contribution in [1.29, 1.82) is 0 Å². The van der Waals surface area contributed by atoms with Crippen molar-refractivity contribution in [3.05, 3.63) is 47.9 Å². The van der Waals surface area contributed by atoms with Gasteiger partial charge < -0.3 is 15.8 Å². The number of hydrogen-bond donors (Lipinski definition) is 2. The molecule has 0 saturated carbocycles. The highest BCUT2D eigenvalue weighted by molar-refractivity contribution is 7.80. The number of ether oxygens (including phenoxy) is 1. The largest absolute Gasteiger partial charge is 0.489 e. The van der Waals surface area contributed by atoms with Crippen LogP contribution in [0.1, 0.15) is 31.5 Å². The molecule has 25 heavy (non-hydrogen) atoms. The van der Waals surface area contributed by atoms with E-state index in [1.807, 2.05) is 13.8 Å². The first-order chi connectivity index (χ1) is 11.8. The molecule has 2 heterocycles. The van der Waals surface area contributed by atoms with Crippen LogP contribution in [-0.4, -0.2) is 27.0 Å². The molecule has 2 aromatic rings. The number of halogens is 2. The quantitative estimate of drug-likeness (QED) is 0.480. The summed E-state index contributed by atoms with van der Waals surface area (Å²) in [5, 5.41) is 2.74. The van der Waals surface area contributed by atoms with E-state index in [1.165, 1.54) is 12.1 Å². The zero-order chi connectivity index (χ0) is 18.4. The zero-order valence-electron chi connectivity index (χ0n) is 13.6. The molecule has 0 amide bonds. The van der Waals surface area contributed by atoms with Crippen LogP contribution in [0, 0.1) is 0 Å². The fourth-order valence-corrected chi connectivity index (χ4v) is 1.99. The van der Waals surface area contributed by atoms with Crippen LogP contribution in [-0.2, 0) is 0 Å². The summed E-state index contributed by atoms with van der Waals surface area (Å²) in [6.45, 7) is 3.82. The molecular weight excluding hydrogens is 348 g/mol. The second-order valence-corrected chi connectivity index (χ2v) is 5.64. The average Bonchev–Trinajstić information content (AvgIpc) is 2.55. The van der Waals surface area contributed by atoms with E-state index in [0.29, 0.717) is 17.3 Å². The lowest BCUT2D eigenvalue weighted by atomic mass is 10.3. The number of amidine groups is 1. The van der Waals surface area contributed by atoms with Crippen molar-refractivity contribution in [2.45, 2.75) is 26.4 Å². The van der Waals surface area contributed by atoms with Crippen molar-refractivity contribution in [2.75, 3.05) is 5.32 Å². The monoisotopic (exact) mass is 365 g/mol. The summed E-state index contributed by atoms with van der Waals surface area (Å²) >= 11 is 5.06. The lowest BCUT2D eigenvalue weighted by Gasteiger charge is -2.09. The minimum Gasteiger partial charge on any atom is -0.489 e. The van der Waals surface area contributed by atoms with Crippen molar-refractivity contribution in [3.63, 3.8) is 0 Å². The molecule has 3 N–H and O–H groups in total. The fraction of sp³-hybridized carbons (Fsp3) is 0.250. The van der Waals surface area contributed by atoms with Crippen LogP contribution in [0.15, 0.2) is 41.7 Å². The van der Waals surface area contributed by atoms with E-state index in [-0.39, 0.29) is 22.6 Å². The third-order valence-electron chi connectivity index (χ3n) is 2.87. The smallest absolute Gasteiger partial charge is 0.265 e. The second kappa shape index (κ2) is 8.43. The number of nitrogens with one attached hydrogen (secondary N) is 1. The van der Waals surface area contributed by atoms with Crippen molar-refractivity contribution in [1.82, 2.24) is 9.97 Å². The molecule has 0 spiro atoms. The molecular formula is C16H17F2N5OS. The normalized spacial score (nSPS) is 11.7. The van der Waals surface area contributed by atoms with Crippen molar-refractivity contribution < 1.29 is 13.5 Å². The summed E-state index contributed by atoms with van der Waals surface area (Å²) in [7, 11) is 0. The molecule has 0 bridgehead atoms. The number of hydrogen-bond acceptors (Lipinski definition) is 4. The van der Waals surface area contributed by atoms with E-state index in [0.717, 1.165) is 6.20 Å². The summed E-state index contributed by atoms with van der Waals surface area (Å²) < 4.78 is 30.4. The molecule has 132 valence electrons. The van der Waals surface area contributed by atoms with Gasteiger partial charge in [0.15, 0.2) is 10.9 Å². The summed E-state index contributed by atoms with van der Waals surface area (Å²) in [6.07, 6.45) is 0.0755. The van der Waals surface area contributed by atoms with Gasteiger partial charge in [-0.15, -0.1) is 0 Å². The number of pyridine rings is 2. The third kappa shape index (κ3) is 5.71. The van der Waals surface area contributed by atoms with Crippen LogP contribution in [0.25, 0.3) is 0 Å². The number of anilines is 1. The molecule has 0 aromatic carbocycles. The molecule has 0 saturated heterocycles. The molecule has 2 rings (SSSR count). The highest BCUT2D eigenvalue weighted by Gasteiger charge is 2.08. The van der Waals surface area contributed by atoms with Crippen LogP contribution < -0.4 is 15.8 Å². The Morgan fingerprint density at radius 2 is 1.96 bits per heavy atom. The van der Waals surface area contributed by atoms with Gasteiger partial charge in [0.2, 0.25) is 0 Å². The first-order valence-electron chi connectivity index (χ1n) is 7.37. The van der Waals surface area contributed by atoms with Gasteiger partial charge in [0, 0.05) is 11.8 Å². The van der Waals surface area contributed by atoms with Crippen molar-refractivity contribution in [3.8, 4) is 5.75 Å². The van der Waals surface area contributed by atoms with Gasteiger partial charge in [-0.3, -0.25) is 0 Å². The Bertz CT molecular complexity index is 748. The summed E-state index contributed by atoms with van der Waals surface area (Å²) in [4.78, 5) is 12.0. The first-order valence-corrected chi connectivity index (χ1v) is 7.78. The minimum absolute atomic E-state index is 0.0408. The van der Waals surface area contributed by atoms with Gasteiger partial charge in [0.05, 0.1) is 12.3 Å². The first kappa shape index (κ1) is 18.7. The molecule has 0 aliphatic heterocycles. The van der Waals surface area contributed by atoms with Crippen LogP contribution in [0.3, 0.4) is 0 Å². The maximum Gasteiger partial charge on any atom is 0.265 e. The van der Waals surface area contributed by atoms with Gasteiger partial charge in [-0.2, -0.15) is 0 Å². The lowest BCUT2D eigenvalue weighted by Crippen LogP contribution is -2.19. The lowest BCUT2D eigenvalue weighted by molar-refractivity contribution is 0.151. The molecule has 0 fully saturated rings. The molecule has 0 radical (unpaired) electrons. The SMILES string of the molecule is CC(C)Oc1ccc(/C(N)=N/C(=S)Nc2ccc(C(F)F)cn2)nc1. The van der Waals surface area contributed by atoms with Gasteiger partial charge in [-0.25, -0.2) is 23.7 Å². The predicted octanol–water partition coefficient (Wildman–Crippen LogP) is 3.30. The fourth-order valence-electron chi connectivity index (χ4n) is 1.79. The maximum atomic E-state index is 12.5. The number of alkyl halides is 2. The molecule has 9 heteroatoms. The van der Waals surface area contributed by atoms with Crippen LogP contribution in [0.4, 0.5) is 14.6 Å². The van der Waals surface area contributed by atoms with Gasteiger partial charge in [-0.05, 0) is 50.3 Å². The Kier molecular flexibility index (Phi) is 6.29. The molecule has 0 unspecified atom stereocenters. The number of nitrogens with zero attached hydrogens (tertiary/aromatic N) is 3. The van der Waals surface area contributed by atoms with Crippen LogP contribution in [0.5, 0.6) is 5.75 Å². The summed E-state index contributed by atoms with van der Waals surface area (Å²) in [5.41, 5.74) is 6.12. The van der Waals surface area contributed by atoms with Gasteiger partial charge in [-0.1, -0.05) is 0 Å². The van der Waals surface area contributed by atoms with Gasteiger partial charge >= 0.3 is 0 Å². The van der Waals surface area contributed by atoms with Gasteiger partial charge in [0.25, 0.3) is 6.43 Å². The Morgan fingerprint density at radius 1 is 1.20 bits per heavy atom. The highest BCUT2D eigenvalue weighted by Crippen LogP contribution is 2.18. The zero-order valence-corrected chi connectivity index (χ0v) is 14.4. The number of aliphatic imine (C=N–C) groups is 1. The molecule has 2 aromatic heterocycles. The molecule has 6 nitrogen and oxygen atoms in total. The topological polar surface area (TPSA) is 85.4 Å². The molecule has 0 aliphatic rings. The Hall–Kier alpha value is -2.68. The van der Waals surface area contributed by atoms with Gasteiger partial charge in [0.1, 0.15) is 17.3 Å². The van der Waals surface area contributed by atoms with E-state index in [4.69, 9.17) is 22.7 Å². The van der Waals surface area contributed by atoms with Crippen LogP contribution >= 0.6 is 12.2 Å². The standard InChI is InChI=1S/C16H17F2N5OS/c1-9(2)24-11-4-5-12(20-8-11)15(19)23-16(25)22-13-6-3-10(7-21-13)14(17)18/h3-9,14H,1-2H3,(H3,19,21,22,23,25). The Balaban J connectivity index is 2.01. The molecule has 0 aliphatic carbocycles. The van der Waals surface area contributed by atoms with E-state index in [1.54, 1.807) is 18.3 Å². The van der Waals surface area contributed by atoms with E-state index < -0.39 is 6.43 Å². The second-order valence-electron chi connectivity index (χ2n) is 5.25. The van der Waals surface area contributed by atoms with E-state index in [9.17, 15) is 8.78 Å². The van der Waals surface area contributed by atoms with Crippen molar-refractivity contribution in [2.24, 2.45) is 10.7 Å². The average molecular weight is 365 g/mol.